The van der Waals surface area contributed by atoms with Crippen LogP contribution in [0.25, 0.3) is 0 Å². The molecule has 0 saturated heterocycles. The summed E-state index contributed by atoms with van der Waals surface area (Å²) >= 11 is 0. The molecule has 0 saturated carbocycles. The van der Waals surface area contributed by atoms with Crippen LogP contribution in [0.2, 0.25) is 0 Å². The Hall–Kier alpha value is -0.640. The summed E-state index contributed by atoms with van der Waals surface area (Å²) in [5.41, 5.74) is 5.86. The molecule has 0 bridgehead atoms. The van der Waals surface area contributed by atoms with Crippen molar-refractivity contribution < 1.29 is 70.3 Å². The minimum Gasteiger partial charge on any atom is -1.00 e. The summed E-state index contributed by atoms with van der Waals surface area (Å²) in [6, 6.07) is 3.09. The number of phenols is 2. The number of rotatable bonds is 3. The number of hydrogen-bond donors (Lipinski definition) is 7. The minimum absolute atomic E-state index is 0. The van der Waals surface area contributed by atoms with Gasteiger partial charge in [-0.1, -0.05) is 6.07 Å². The van der Waals surface area contributed by atoms with Gasteiger partial charge in [0, 0.05) is 0 Å². The maximum atomic E-state index is 10.4. The molecule has 0 radical (unpaired) electrons. The van der Waals surface area contributed by atoms with Crippen LogP contribution in [0.1, 0.15) is 6.99 Å². The molecular weight excluding hydrogens is 304 g/mol. The van der Waals surface area contributed by atoms with Gasteiger partial charge in [-0.3, -0.25) is 4.79 Å². The van der Waals surface area contributed by atoms with Gasteiger partial charge in [0.05, 0.1) is 0 Å². The number of aromatic hydroxyl groups is 2. The van der Waals surface area contributed by atoms with Crippen LogP contribution in [0.3, 0.4) is 0 Å². The molecule has 11 heteroatoms. The molecule has 1 rings (SSSR count). The molecule has 1 aromatic carbocycles. The number of aliphatic carboxylic acids is 1. The number of phosphoric acid groups is 1. The van der Waals surface area contributed by atoms with Crippen molar-refractivity contribution in [2.24, 2.45) is 5.73 Å². The minimum atomic E-state index is -4.64. The van der Waals surface area contributed by atoms with Gasteiger partial charge in [0.2, 0.25) is 0 Å². The topological polar surface area (TPSA) is 182 Å². The number of carbonyl (C=O) groups is 1. The van der Waals surface area contributed by atoms with Crippen LogP contribution in [0, 0.1) is 0 Å². The summed E-state index contributed by atoms with van der Waals surface area (Å²) in [5.74, 6) is -1.62. The maximum Gasteiger partial charge on any atom is 1.00 e. The first-order valence-electron chi connectivity index (χ1n) is 4.78. The Morgan fingerprint density at radius 1 is 1.25 bits per heavy atom. The van der Waals surface area contributed by atoms with Crippen LogP contribution in [0.15, 0.2) is 18.2 Å². The Bertz CT molecular complexity index is 488. The molecule has 20 heavy (non-hydrogen) atoms. The van der Waals surface area contributed by atoms with Gasteiger partial charge in [-0.15, -0.1) is 0 Å². The quantitative estimate of drug-likeness (QED) is 0.167. The van der Waals surface area contributed by atoms with Crippen molar-refractivity contribution in [2.45, 2.75) is 12.5 Å². The van der Waals surface area contributed by atoms with Crippen molar-refractivity contribution in [1.29, 1.82) is 0 Å². The van der Waals surface area contributed by atoms with Gasteiger partial charge in [-0.05, 0) is 24.1 Å². The smallest absolute Gasteiger partial charge is 1.00 e. The molecule has 0 unspecified atom stereocenters. The van der Waals surface area contributed by atoms with E-state index in [1.165, 1.54) is 18.2 Å². The summed E-state index contributed by atoms with van der Waals surface area (Å²) in [6.07, 6.45) is 0.114. The molecule has 110 valence electrons. The maximum absolute atomic E-state index is 10.4. The Balaban J connectivity index is -0.000000405. The molecule has 0 fully saturated rings. The van der Waals surface area contributed by atoms with Gasteiger partial charge >= 0.3 is 43.3 Å². The van der Waals surface area contributed by atoms with Gasteiger partial charge in [0.15, 0.2) is 11.5 Å². The third-order valence-corrected chi connectivity index (χ3v) is 1.81. The van der Waals surface area contributed by atoms with Crippen molar-refractivity contribution in [3.8, 4) is 11.5 Å². The van der Waals surface area contributed by atoms with Crippen LogP contribution in [0.4, 0.5) is 0 Å². The first-order chi connectivity index (χ1) is 8.50. The number of phenolic OH excluding ortho intramolecular Hbond substituents is 2. The van der Waals surface area contributed by atoms with E-state index in [0.29, 0.717) is 5.56 Å². The van der Waals surface area contributed by atoms with Crippen LogP contribution in [-0.2, 0) is 15.8 Å². The van der Waals surface area contributed by atoms with Crippen LogP contribution in [0.5, 0.6) is 11.5 Å². The van der Waals surface area contributed by atoms with Gasteiger partial charge in [-0.2, -0.15) is 0 Å². The second-order valence-electron chi connectivity index (χ2n) is 3.49. The number of benzene rings is 1. The molecule has 0 heterocycles. The van der Waals surface area contributed by atoms with Gasteiger partial charge < -0.3 is 37.2 Å². The Kier molecular flexibility index (Phi) is 10.1. The Morgan fingerprint density at radius 2 is 1.70 bits per heavy atom. The molecule has 0 aliphatic rings. The largest absolute Gasteiger partial charge is 1.00 e. The van der Waals surface area contributed by atoms with E-state index in [0.717, 1.165) is 0 Å². The van der Waals surface area contributed by atoms with Crippen molar-refractivity contribution in [2.75, 3.05) is 0 Å². The molecule has 1 atom stereocenters. The van der Waals surface area contributed by atoms with E-state index < -0.39 is 19.8 Å². The third kappa shape index (κ3) is 11.2. The molecule has 0 aliphatic carbocycles. The average molecular weight is 319 g/mol. The molecular formula is C9H15NNaO8P. The third-order valence-electron chi connectivity index (χ3n) is 1.81. The van der Waals surface area contributed by atoms with Gasteiger partial charge in [-0.25, -0.2) is 4.57 Å². The summed E-state index contributed by atoms with van der Waals surface area (Å²) in [7, 11) is -4.64. The van der Waals surface area contributed by atoms with Crippen molar-refractivity contribution in [1.82, 2.24) is 0 Å². The summed E-state index contributed by atoms with van der Waals surface area (Å²) < 4.78 is 8.88. The zero-order valence-corrected chi connectivity index (χ0v) is 13.4. The van der Waals surface area contributed by atoms with Crippen LogP contribution < -0.4 is 35.3 Å². The van der Waals surface area contributed by atoms with E-state index in [2.05, 4.69) is 0 Å². The SMILES string of the molecule is N[C@@H](Cc1ccc(O)c(O)c1)C(=O)O.O=P(O)(O)O.[H-].[Na+]. The summed E-state index contributed by atoms with van der Waals surface area (Å²) in [5, 5.41) is 26.6. The van der Waals surface area contributed by atoms with E-state index >= 15 is 0 Å². The number of carboxylic acids is 1. The Labute approximate surface area is 137 Å². The van der Waals surface area contributed by atoms with Gasteiger partial charge in [0.25, 0.3) is 0 Å². The molecule has 8 N–H and O–H groups in total. The fraction of sp³-hybridized carbons (Fsp3) is 0.222. The standard InChI is InChI=1S/C9H11NO4.Na.H3O4P.H/c10-6(9(13)14)3-5-1-2-7(11)8(12)4-5;;1-5(2,3)4;/h1-2,4,6,11-12H,3,10H2,(H,13,14);;(H3,1,2,3,4);/q;+1;;-1/t6-;;;/m0.../s1. The van der Waals surface area contributed by atoms with Crippen molar-refractivity contribution in [3.63, 3.8) is 0 Å². The number of hydrogen-bond acceptors (Lipinski definition) is 5. The van der Waals surface area contributed by atoms with Crippen LogP contribution >= 0.6 is 7.82 Å². The van der Waals surface area contributed by atoms with Crippen molar-refractivity contribution in [3.05, 3.63) is 23.8 Å². The molecule has 0 amide bonds. The predicted molar refractivity (Wildman–Crippen MR) is 64.5 cm³/mol. The molecule has 0 aromatic heterocycles. The van der Waals surface area contributed by atoms with Crippen LogP contribution in [-0.4, -0.2) is 42.0 Å². The van der Waals surface area contributed by atoms with E-state index in [4.69, 9.17) is 40.3 Å². The monoisotopic (exact) mass is 319 g/mol. The predicted octanol–water partition coefficient (Wildman–Crippen LogP) is -3.76. The number of nitrogens with two attached hydrogens (primary N) is 1. The molecule has 1 aromatic rings. The Morgan fingerprint density at radius 3 is 2.05 bits per heavy atom. The van der Waals surface area contributed by atoms with E-state index in [-0.39, 0.29) is 48.9 Å². The fourth-order valence-corrected chi connectivity index (χ4v) is 1.04. The van der Waals surface area contributed by atoms with Gasteiger partial charge in [0.1, 0.15) is 6.04 Å². The molecule has 0 aliphatic heterocycles. The second kappa shape index (κ2) is 9.32. The summed E-state index contributed by atoms with van der Waals surface area (Å²) in [6.45, 7) is 0. The van der Waals surface area contributed by atoms with Crippen molar-refractivity contribution >= 4 is 13.8 Å². The molecule has 0 spiro atoms. The first-order valence-corrected chi connectivity index (χ1v) is 6.34. The average Bonchev–Trinajstić information content (AvgIpc) is 2.21. The molecule has 9 nitrogen and oxygen atoms in total. The number of carboxylic acid groups (broad SMARTS) is 1. The van der Waals surface area contributed by atoms with E-state index in [1.54, 1.807) is 0 Å². The fourth-order valence-electron chi connectivity index (χ4n) is 1.04. The van der Waals surface area contributed by atoms with E-state index in [1.807, 2.05) is 0 Å². The first kappa shape index (κ1) is 21.7. The zero-order chi connectivity index (χ0) is 15.2. The zero-order valence-electron chi connectivity index (χ0n) is 11.5. The normalized spacial score (nSPS) is 11.6. The van der Waals surface area contributed by atoms with E-state index in [9.17, 15) is 4.79 Å². The second-order valence-corrected chi connectivity index (χ2v) is 4.51. The summed E-state index contributed by atoms with van der Waals surface area (Å²) in [4.78, 5) is 32.0.